The lowest BCUT2D eigenvalue weighted by Gasteiger charge is -2.10. The van der Waals surface area contributed by atoms with Gasteiger partial charge in [0.1, 0.15) is 0 Å². The maximum Gasteiger partial charge on any atom is 0.340 e. The molecule has 1 aromatic carbocycles. The van der Waals surface area contributed by atoms with Crippen molar-refractivity contribution in [3.63, 3.8) is 0 Å². The van der Waals surface area contributed by atoms with Crippen LogP contribution in [-0.4, -0.2) is 20.6 Å². The smallest absolute Gasteiger partial charge is 0.340 e. The number of hydrogen-bond donors (Lipinski definition) is 1. The van der Waals surface area contributed by atoms with E-state index in [1.165, 1.54) is 0 Å². The highest BCUT2D eigenvalue weighted by Crippen LogP contribution is 2.28. The molecule has 1 aliphatic rings. The summed E-state index contributed by atoms with van der Waals surface area (Å²) in [7, 11) is -3.40. The van der Waals surface area contributed by atoms with Crippen molar-refractivity contribution in [3.8, 4) is 0 Å². The van der Waals surface area contributed by atoms with Crippen molar-refractivity contribution in [2.24, 2.45) is 0 Å². The van der Waals surface area contributed by atoms with Crippen molar-refractivity contribution in [2.45, 2.75) is 6.23 Å². The minimum absolute atomic E-state index is 0.402. The number of carbonyl (C=O) groups excluding carboxylic acids is 1. The second kappa shape index (κ2) is 3.32. The monoisotopic (exact) mass is 227 g/mol. The summed E-state index contributed by atoms with van der Waals surface area (Å²) in [6, 6.07) is 6.67. The Hall–Kier alpha value is -1.40. The van der Waals surface area contributed by atoms with Crippen molar-refractivity contribution in [1.82, 2.24) is 4.72 Å². The van der Waals surface area contributed by atoms with E-state index in [0.717, 1.165) is 6.26 Å². The fourth-order valence-corrected chi connectivity index (χ4v) is 1.99. The Kier molecular flexibility index (Phi) is 2.24. The van der Waals surface area contributed by atoms with Crippen LogP contribution in [0, 0.1) is 0 Å². The number of hydrogen-bond acceptors (Lipinski definition) is 4. The van der Waals surface area contributed by atoms with E-state index in [-0.39, 0.29) is 0 Å². The highest BCUT2D eigenvalue weighted by molar-refractivity contribution is 7.88. The average molecular weight is 227 g/mol. The SMILES string of the molecule is CS(=O)(=O)NC1OC(=O)c2ccccc21. The zero-order valence-electron chi connectivity index (χ0n) is 7.93. The Morgan fingerprint density at radius 3 is 2.67 bits per heavy atom. The van der Waals surface area contributed by atoms with Crippen LogP contribution in [0.3, 0.4) is 0 Å². The molecule has 1 atom stereocenters. The van der Waals surface area contributed by atoms with Gasteiger partial charge in [0.15, 0.2) is 6.23 Å². The lowest BCUT2D eigenvalue weighted by Crippen LogP contribution is -2.27. The van der Waals surface area contributed by atoms with Crippen LogP contribution in [-0.2, 0) is 14.8 Å². The molecule has 0 bridgehead atoms. The second-order valence-corrected chi connectivity index (χ2v) is 5.04. The third-order valence-electron chi connectivity index (χ3n) is 2.01. The van der Waals surface area contributed by atoms with Gasteiger partial charge in [-0.1, -0.05) is 18.2 Å². The molecule has 1 unspecified atom stereocenters. The van der Waals surface area contributed by atoms with E-state index in [1.54, 1.807) is 24.3 Å². The van der Waals surface area contributed by atoms with Crippen molar-refractivity contribution in [3.05, 3.63) is 35.4 Å². The highest BCUT2D eigenvalue weighted by Gasteiger charge is 2.32. The molecule has 1 aromatic rings. The molecule has 0 aromatic heterocycles. The van der Waals surface area contributed by atoms with Crippen LogP contribution in [0.1, 0.15) is 22.1 Å². The lowest BCUT2D eigenvalue weighted by atomic mass is 10.1. The molecule has 80 valence electrons. The summed E-state index contributed by atoms with van der Waals surface area (Å²) < 4.78 is 29.1. The molecule has 0 spiro atoms. The first kappa shape index (κ1) is 10.1. The topological polar surface area (TPSA) is 72.5 Å². The Balaban J connectivity index is 2.37. The van der Waals surface area contributed by atoms with E-state index >= 15 is 0 Å². The summed E-state index contributed by atoms with van der Waals surface area (Å²) in [5.41, 5.74) is 0.951. The summed E-state index contributed by atoms with van der Waals surface area (Å²) in [5, 5.41) is 0. The molecule has 0 saturated carbocycles. The van der Waals surface area contributed by atoms with Crippen molar-refractivity contribution in [2.75, 3.05) is 6.26 Å². The number of ether oxygens (including phenoxy) is 1. The molecule has 5 nitrogen and oxygen atoms in total. The fourth-order valence-electron chi connectivity index (χ4n) is 1.43. The van der Waals surface area contributed by atoms with Gasteiger partial charge in [0.05, 0.1) is 11.8 Å². The summed E-state index contributed by atoms with van der Waals surface area (Å²) in [4.78, 5) is 11.3. The molecule has 15 heavy (non-hydrogen) atoms. The van der Waals surface area contributed by atoms with Gasteiger partial charge in [0.2, 0.25) is 10.0 Å². The number of rotatable bonds is 2. The fraction of sp³-hybridized carbons (Fsp3) is 0.222. The molecule has 2 rings (SSSR count). The average Bonchev–Trinajstić information content (AvgIpc) is 2.42. The molecule has 0 radical (unpaired) electrons. The van der Waals surface area contributed by atoms with Gasteiger partial charge in [-0.15, -0.1) is 0 Å². The third-order valence-corrected chi connectivity index (χ3v) is 2.65. The van der Waals surface area contributed by atoms with Crippen molar-refractivity contribution in [1.29, 1.82) is 0 Å². The number of fused-ring (bicyclic) bond motifs is 1. The molecular weight excluding hydrogens is 218 g/mol. The molecular formula is C9H9NO4S. The molecule has 0 saturated heterocycles. The standard InChI is InChI=1S/C9H9NO4S/c1-15(12,13)10-8-6-4-2-3-5-7(6)9(11)14-8/h2-5,8,10H,1H3. The first-order valence-electron chi connectivity index (χ1n) is 4.24. The molecule has 1 N–H and O–H groups in total. The van der Waals surface area contributed by atoms with Crippen LogP contribution < -0.4 is 4.72 Å². The van der Waals surface area contributed by atoms with Gasteiger partial charge >= 0.3 is 5.97 Å². The van der Waals surface area contributed by atoms with Crippen LogP contribution >= 0.6 is 0 Å². The Labute approximate surface area is 87.1 Å². The second-order valence-electron chi connectivity index (χ2n) is 3.26. The van der Waals surface area contributed by atoms with E-state index in [0.29, 0.717) is 11.1 Å². The molecule has 0 fully saturated rings. The first-order chi connectivity index (χ1) is 6.97. The summed E-state index contributed by atoms with van der Waals surface area (Å²) in [6.45, 7) is 0. The molecule has 1 heterocycles. The highest BCUT2D eigenvalue weighted by atomic mass is 32.2. The van der Waals surface area contributed by atoms with Gasteiger partial charge in [0.25, 0.3) is 0 Å². The largest absolute Gasteiger partial charge is 0.438 e. The summed E-state index contributed by atoms with van der Waals surface area (Å²) in [5.74, 6) is -0.508. The third kappa shape index (κ3) is 2.00. The quantitative estimate of drug-likeness (QED) is 0.742. The van der Waals surface area contributed by atoms with Crippen molar-refractivity contribution >= 4 is 16.0 Å². The molecule has 1 aliphatic heterocycles. The van der Waals surface area contributed by atoms with E-state index < -0.39 is 22.2 Å². The van der Waals surface area contributed by atoms with E-state index in [4.69, 9.17) is 4.74 Å². The van der Waals surface area contributed by atoms with Crippen LogP contribution in [0.5, 0.6) is 0 Å². The van der Waals surface area contributed by atoms with Crippen LogP contribution in [0.4, 0.5) is 0 Å². The van der Waals surface area contributed by atoms with Gasteiger partial charge < -0.3 is 4.74 Å². The van der Waals surface area contributed by atoms with Gasteiger partial charge in [-0.3, -0.25) is 0 Å². The number of benzene rings is 1. The van der Waals surface area contributed by atoms with Crippen LogP contribution in [0.2, 0.25) is 0 Å². The normalized spacial score (nSPS) is 19.8. The van der Waals surface area contributed by atoms with E-state index in [2.05, 4.69) is 4.72 Å². The summed E-state index contributed by atoms with van der Waals surface area (Å²) >= 11 is 0. The Morgan fingerprint density at radius 2 is 2.00 bits per heavy atom. The predicted octanol–water partition coefficient (Wildman–Crippen LogP) is 0.405. The minimum atomic E-state index is -3.40. The zero-order chi connectivity index (χ0) is 11.1. The molecule has 6 heteroatoms. The number of esters is 1. The van der Waals surface area contributed by atoms with E-state index in [9.17, 15) is 13.2 Å². The van der Waals surface area contributed by atoms with Crippen LogP contribution in [0.15, 0.2) is 24.3 Å². The number of cyclic esters (lactones) is 1. The first-order valence-corrected chi connectivity index (χ1v) is 6.14. The van der Waals surface area contributed by atoms with Gasteiger partial charge in [-0.05, 0) is 6.07 Å². The number of carbonyl (C=O) groups is 1. The summed E-state index contributed by atoms with van der Waals surface area (Å²) in [6.07, 6.45) is 0.116. The lowest BCUT2D eigenvalue weighted by molar-refractivity contribution is 0.0365. The minimum Gasteiger partial charge on any atom is -0.438 e. The maximum absolute atomic E-state index is 11.3. The Morgan fingerprint density at radius 1 is 1.33 bits per heavy atom. The predicted molar refractivity (Wildman–Crippen MR) is 52.6 cm³/mol. The van der Waals surface area contributed by atoms with Gasteiger partial charge in [-0.2, -0.15) is 4.72 Å². The van der Waals surface area contributed by atoms with Crippen molar-refractivity contribution < 1.29 is 17.9 Å². The molecule has 0 amide bonds. The Bertz CT molecular complexity index is 509. The zero-order valence-corrected chi connectivity index (χ0v) is 8.74. The van der Waals surface area contributed by atoms with Crippen LogP contribution in [0.25, 0.3) is 0 Å². The maximum atomic E-state index is 11.3. The molecule has 0 aliphatic carbocycles. The number of nitrogens with one attached hydrogen (secondary N) is 1. The number of sulfonamides is 1. The van der Waals surface area contributed by atoms with Gasteiger partial charge in [0, 0.05) is 5.56 Å². The van der Waals surface area contributed by atoms with E-state index in [1.807, 2.05) is 0 Å². The van der Waals surface area contributed by atoms with Gasteiger partial charge in [-0.25, -0.2) is 13.2 Å².